The van der Waals surface area contributed by atoms with Crippen LogP contribution in [0, 0.1) is 17.2 Å². The standard InChI is InChI=1S/C17H11BrF7N2/c1-9-6-13(15(19,16(20,21)22)17(23,24)25)27-14(18)12(9)7-10-4-2-3-5-11(10)8-26/h2-6,14H,7H2,1H3. The molecule has 1 aliphatic rings. The van der Waals surface area contributed by atoms with E-state index in [1.807, 2.05) is 6.07 Å². The van der Waals surface area contributed by atoms with Gasteiger partial charge in [0, 0.05) is 5.92 Å². The molecule has 1 unspecified atom stereocenters. The van der Waals surface area contributed by atoms with Gasteiger partial charge >= 0.3 is 18.0 Å². The third kappa shape index (κ3) is 3.88. The summed E-state index contributed by atoms with van der Waals surface area (Å²) in [7, 11) is 0. The van der Waals surface area contributed by atoms with Crippen molar-refractivity contribution in [2.45, 2.75) is 36.3 Å². The summed E-state index contributed by atoms with van der Waals surface area (Å²) in [5.74, 6) is 0.327. The second kappa shape index (κ2) is 7.26. The Morgan fingerprint density at radius 3 is 2.11 bits per heavy atom. The van der Waals surface area contributed by atoms with Crippen LogP contribution in [0.1, 0.15) is 18.1 Å². The molecular formula is C17H11BrF7N2. The molecular weight excluding hydrogens is 445 g/mol. The summed E-state index contributed by atoms with van der Waals surface area (Å²) < 4.78 is 91.7. The van der Waals surface area contributed by atoms with Crippen LogP contribution in [0.2, 0.25) is 0 Å². The molecule has 2 rings (SSSR count). The molecule has 0 aliphatic carbocycles. The molecule has 1 aliphatic heterocycles. The maximum absolute atomic E-state index is 14.2. The highest BCUT2D eigenvalue weighted by Gasteiger charge is 2.75. The molecule has 145 valence electrons. The highest BCUT2D eigenvalue weighted by atomic mass is 79.9. The van der Waals surface area contributed by atoms with E-state index >= 15 is 0 Å². The maximum atomic E-state index is 14.2. The van der Waals surface area contributed by atoms with E-state index in [1.165, 1.54) is 13.0 Å². The number of rotatable bonds is 3. The summed E-state index contributed by atoms with van der Waals surface area (Å²) in [6.45, 7) is 1.26. The molecule has 0 bridgehead atoms. The molecule has 10 heteroatoms. The van der Waals surface area contributed by atoms with Gasteiger partial charge in [-0.3, -0.25) is 4.99 Å². The molecule has 1 atom stereocenters. The third-order valence-electron chi connectivity index (χ3n) is 4.05. The van der Waals surface area contributed by atoms with Gasteiger partial charge in [-0.05, 0) is 31.1 Å². The van der Waals surface area contributed by atoms with Crippen molar-refractivity contribution in [1.82, 2.24) is 0 Å². The van der Waals surface area contributed by atoms with Crippen molar-refractivity contribution in [3.63, 3.8) is 0 Å². The number of dihydropyridines is 1. The van der Waals surface area contributed by atoms with Crippen LogP contribution in [-0.2, 0) is 6.42 Å². The number of benzene rings is 1. The molecule has 0 fully saturated rings. The molecule has 0 amide bonds. The van der Waals surface area contributed by atoms with Crippen molar-refractivity contribution in [3.8, 4) is 6.07 Å². The highest BCUT2D eigenvalue weighted by molar-refractivity contribution is 9.09. The largest absolute Gasteiger partial charge is 0.437 e. The number of nitrogens with zero attached hydrogens (tertiary/aromatic N) is 2. The lowest BCUT2D eigenvalue weighted by Gasteiger charge is -2.34. The smallest absolute Gasteiger partial charge is 0.270 e. The van der Waals surface area contributed by atoms with Crippen LogP contribution in [0.5, 0.6) is 0 Å². The predicted molar refractivity (Wildman–Crippen MR) is 88.0 cm³/mol. The Kier molecular flexibility index (Phi) is 5.76. The minimum atomic E-state index is -6.22. The second-order valence-corrected chi connectivity index (χ2v) is 6.67. The van der Waals surface area contributed by atoms with Crippen molar-refractivity contribution in [2.75, 3.05) is 0 Å². The third-order valence-corrected chi connectivity index (χ3v) is 4.81. The van der Waals surface area contributed by atoms with Crippen LogP contribution in [0.25, 0.3) is 0 Å². The number of allylic oxidation sites excluding steroid dienone is 1. The van der Waals surface area contributed by atoms with Gasteiger partial charge in [0.2, 0.25) is 0 Å². The maximum Gasteiger partial charge on any atom is 0.437 e. The molecule has 0 N–H and O–H groups in total. The number of alkyl halides is 8. The average Bonchev–Trinajstić information content (AvgIpc) is 2.55. The molecule has 2 nitrogen and oxygen atoms in total. The molecule has 27 heavy (non-hydrogen) atoms. The monoisotopic (exact) mass is 455 g/mol. The summed E-state index contributed by atoms with van der Waals surface area (Å²) >= 11 is 2.92. The van der Waals surface area contributed by atoms with Crippen LogP contribution in [-0.4, -0.2) is 28.7 Å². The summed E-state index contributed by atoms with van der Waals surface area (Å²) in [6, 6.07) is 8.32. The topological polar surface area (TPSA) is 36.1 Å². The van der Waals surface area contributed by atoms with Crippen LogP contribution in [0.3, 0.4) is 0 Å². The van der Waals surface area contributed by atoms with Gasteiger partial charge in [0.1, 0.15) is 4.95 Å². The molecule has 0 saturated carbocycles. The van der Waals surface area contributed by atoms with E-state index in [1.54, 1.807) is 18.2 Å². The first-order chi connectivity index (χ1) is 12.3. The minimum absolute atomic E-state index is 0.00476. The van der Waals surface area contributed by atoms with Crippen LogP contribution in [0.4, 0.5) is 30.7 Å². The van der Waals surface area contributed by atoms with Gasteiger partial charge in [0.25, 0.3) is 0 Å². The van der Waals surface area contributed by atoms with Crippen LogP contribution < -0.4 is 0 Å². The Morgan fingerprint density at radius 1 is 1.07 bits per heavy atom. The number of nitriles is 1. The molecule has 0 saturated heterocycles. The summed E-state index contributed by atoms with van der Waals surface area (Å²) in [6.07, 6.45) is -11.9. The number of aliphatic imine (C=N–C) groups is 1. The first kappa shape index (κ1) is 21.4. The van der Waals surface area contributed by atoms with Crippen LogP contribution >= 0.6 is 15.9 Å². The second-order valence-electron chi connectivity index (χ2n) is 5.80. The Morgan fingerprint density at radius 2 is 1.63 bits per heavy atom. The van der Waals surface area contributed by atoms with E-state index in [0.717, 1.165) is 0 Å². The molecule has 0 aromatic heterocycles. The first-order valence-corrected chi connectivity index (χ1v) is 8.31. The van der Waals surface area contributed by atoms with Crippen molar-refractivity contribution in [3.05, 3.63) is 53.0 Å². The average molecular weight is 456 g/mol. The number of hydrogen-bond acceptors (Lipinski definition) is 2. The Balaban J connectivity index is 2.42. The van der Waals surface area contributed by atoms with Gasteiger partial charge in [0.15, 0.2) is 0 Å². The molecule has 0 spiro atoms. The SMILES string of the molecule is CC1=CC(C(F)(C(F)(F)F)C(F)(F)F)=NC(Br)[C]1Cc1ccccc1C#N. The van der Waals surface area contributed by atoms with Crippen molar-refractivity contribution >= 4 is 21.6 Å². The van der Waals surface area contributed by atoms with Crippen molar-refractivity contribution in [2.24, 2.45) is 4.99 Å². The van der Waals surface area contributed by atoms with Gasteiger partial charge in [-0.25, -0.2) is 4.39 Å². The van der Waals surface area contributed by atoms with E-state index in [4.69, 9.17) is 5.26 Å². The lowest BCUT2D eigenvalue weighted by molar-refractivity contribution is -0.312. The highest BCUT2D eigenvalue weighted by Crippen LogP contribution is 2.49. The minimum Gasteiger partial charge on any atom is -0.270 e. The van der Waals surface area contributed by atoms with E-state index in [0.29, 0.717) is 23.1 Å². The van der Waals surface area contributed by atoms with E-state index < -0.39 is 28.7 Å². The zero-order chi connectivity index (χ0) is 20.6. The van der Waals surface area contributed by atoms with E-state index in [-0.39, 0.29) is 12.0 Å². The Bertz CT molecular complexity index is 804. The summed E-state index contributed by atoms with van der Waals surface area (Å²) in [5, 5.41) is 9.09. The predicted octanol–water partition coefficient (Wildman–Crippen LogP) is 5.63. The van der Waals surface area contributed by atoms with Crippen molar-refractivity contribution in [1.29, 1.82) is 5.26 Å². The number of halogens is 8. The zero-order valence-electron chi connectivity index (χ0n) is 13.6. The lowest BCUT2D eigenvalue weighted by atomic mass is 9.85. The van der Waals surface area contributed by atoms with Gasteiger partial charge in [-0.15, -0.1) is 0 Å². The Labute approximate surface area is 158 Å². The van der Waals surface area contributed by atoms with Crippen LogP contribution in [0.15, 0.2) is 40.9 Å². The normalized spacial score (nSPS) is 19.3. The zero-order valence-corrected chi connectivity index (χ0v) is 15.2. The fraction of sp³-hybridized carbons (Fsp3) is 0.353. The summed E-state index contributed by atoms with van der Waals surface area (Å²) in [5.41, 5.74) is -6.52. The summed E-state index contributed by atoms with van der Waals surface area (Å²) in [4.78, 5) is 1.99. The molecule has 1 heterocycles. The van der Waals surface area contributed by atoms with Gasteiger partial charge in [-0.2, -0.15) is 31.6 Å². The molecule has 1 aromatic carbocycles. The lowest BCUT2D eigenvalue weighted by Crippen LogP contribution is -2.59. The van der Waals surface area contributed by atoms with Gasteiger partial charge < -0.3 is 0 Å². The molecule has 1 aromatic rings. The van der Waals surface area contributed by atoms with E-state index in [9.17, 15) is 30.7 Å². The van der Waals surface area contributed by atoms with Crippen molar-refractivity contribution < 1.29 is 30.7 Å². The fourth-order valence-corrected chi connectivity index (χ4v) is 3.32. The fourth-order valence-electron chi connectivity index (χ4n) is 2.57. The quantitative estimate of drug-likeness (QED) is 0.330. The van der Waals surface area contributed by atoms with Gasteiger partial charge in [-0.1, -0.05) is 39.7 Å². The Hall–Kier alpha value is -1.89. The molecule has 1 radical (unpaired) electrons. The van der Waals surface area contributed by atoms with Gasteiger partial charge in [0.05, 0.1) is 17.3 Å². The first-order valence-electron chi connectivity index (χ1n) is 7.40. The number of hydrogen-bond donors (Lipinski definition) is 0. The van der Waals surface area contributed by atoms with E-state index in [2.05, 4.69) is 20.9 Å².